The average molecular weight is 1220 g/mol. The monoisotopic (exact) mass is 1220 g/mol. The van der Waals surface area contributed by atoms with Crippen LogP contribution in [0.2, 0.25) is 0 Å². The molecule has 9 amide bonds. The number of imide groups is 2. The quantitative estimate of drug-likeness (QED) is 0.0136. The van der Waals surface area contributed by atoms with Gasteiger partial charge in [0.2, 0.25) is 41.4 Å². The maximum Gasteiger partial charge on any atom is 0.408 e. The molecule has 87 heavy (non-hydrogen) atoms. The number of aliphatic hydroxyl groups is 3. The summed E-state index contributed by atoms with van der Waals surface area (Å²) in [6, 6.07) is 4.04. The minimum atomic E-state index is -2.14. The number of ether oxygens (including phenoxy) is 1. The molecule has 1 unspecified atom stereocenters. The van der Waals surface area contributed by atoms with Crippen molar-refractivity contribution in [1.29, 1.82) is 5.41 Å². The molecule has 478 valence electrons. The van der Waals surface area contributed by atoms with Crippen LogP contribution in [0.5, 0.6) is 0 Å². The minimum absolute atomic E-state index is 0.0166. The number of carboxylic acid groups (broad SMARTS) is 1. The molecule has 0 radical (unpaired) electrons. The van der Waals surface area contributed by atoms with E-state index in [4.69, 9.17) is 33.1 Å². The van der Waals surface area contributed by atoms with E-state index in [0.29, 0.717) is 27.3 Å². The number of carboxylic acids is 1. The van der Waals surface area contributed by atoms with Gasteiger partial charge < -0.3 is 80.0 Å². The van der Waals surface area contributed by atoms with Crippen molar-refractivity contribution in [2.75, 3.05) is 25.4 Å². The van der Waals surface area contributed by atoms with Crippen LogP contribution < -0.4 is 54.8 Å². The highest BCUT2D eigenvalue weighted by Gasteiger charge is 2.45. The number of aliphatic carboxylic acids is 1. The van der Waals surface area contributed by atoms with Crippen LogP contribution in [0.25, 0.3) is 0 Å². The number of nitrogens with one attached hydrogen (secondary N) is 7. The van der Waals surface area contributed by atoms with Crippen molar-refractivity contribution >= 4 is 71.0 Å². The molecule has 0 aliphatic rings. The normalized spacial score (nSPS) is 15.0. The van der Waals surface area contributed by atoms with Crippen molar-refractivity contribution < 1.29 is 73.1 Å². The molecule has 0 bridgehead atoms. The number of nitrogen functional groups attached to an aromatic ring is 1. The number of carbonyl (C=O) groups excluding carboxylic acids is 9. The number of aromatic nitrogens is 1. The Labute approximate surface area is 504 Å². The molecule has 2 aromatic carbocycles. The van der Waals surface area contributed by atoms with E-state index in [1.807, 2.05) is 0 Å². The summed E-state index contributed by atoms with van der Waals surface area (Å²) in [6.45, 7) is 8.25. The molecular formula is C58H86N14O15. The minimum Gasteiger partial charge on any atom is -0.480 e. The van der Waals surface area contributed by atoms with Gasteiger partial charge in [0.05, 0.1) is 31.4 Å². The van der Waals surface area contributed by atoms with E-state index in [9.17, 15) is 58.8 Å². The zero-order valence-electron chi connectivity index (χ0n) is 50.0. The van der Waals surface area contributed by atoms with E-state index in [0.717, 1.165) is 6.92 Å². The lowest BCUT2D eigenvalue weighted by Crippen LogP contribution is -2.65. The lowest BCUT2D eigenvalue weighted by Gasteiger charge is -2.36. The van der Waals surface area contributed by atoms with Crippen LogP contribution >= 0.6 is 0 Å². The maximum atomic E-state index is 15.3. The summed E-state index contributed by atoms with van der Waals surface area (Å²) in [5.74, 6) is -13.4. The molecule has 19 N–H and O–H groups in total. The number of nitrogens with two attached hydrogens (primary N) is 4. The fourth-order valence-corrected chi connectivity index (χ4v) is 8.93. The first-order valence-corrected chi connectivity index (χ1v) is 28.4. The van der Waals surface area contributed by atoms with Gasteiger partial charge in [0, 0.05) is 31.0 Å². The molecule has 0 aliphatic carbocycles. The first-order valence-electron chi connectivity index (χ1n) is 28.4. The Bertz CT molecular complexity index is 2810. The number of rotatable bonds is 34. The number of aliphatic hydroxyl groups excluding tert-OH is 3. The van der Waals surface area contributed by atoms with Crippen LogP contribution in [0.1, 0.15) is 90.8 Å². The first kappa shape index (κ1) is 72.6. The molecular weight excluding hydrogens is 1130 g/mol. The van der Waals surface area contributed by atoms with Gasteiger partial charge in [-0.15, -0.1) is 0 Å². The molecule has 29 heteroatoms. The smallest absolute Gasteiger partial charge is 0.408 e. The standard InChI is InChI=1S/C58H86N14O15/c1-8-33(6)46(52(80)70-47(34(7)74)51(79)66-28-44(75)71(43(29-73)56(84)85)53(81)39(60)25-37-18-13-21-64-27-37)69-49(77)40(20-14-22-65-57(62)63)67-50(78)42(23-31(2)3)72(55(83)45(61)48(76)32(4)5)54(82)41(26-36-17-12-19-38(59)24-36)68-58(86)87-30-35-15-10-9-11-16-35/h9-13,15-19,21,24,27,31-34,39-43,45-48,73-74,76H,8,14,20,22-23,25-26,28-30,59-61H2,1-7H3,(H,66,79)(H,67,78)(H,68,86)(H,69,77)(H,70,80)(H,84,85)(H4,62,63,65)/t33?,34-,39-,40+,41-,42-,43-,45-,46-,47-,48+/m0/s1. The van der Waals surface area contributed by atoms with E-state index in [1.165, 1.54) is 18.5 Å². The summed E-state index contributed by atoms with van der Waals surface area (Å²) in [4.78, 5) is 146. The number of benzene rings is 2. The SMILES string of the molecule is CCC(C)[C@H](NC(=O)[C@@H](CCCNC(=N)N)NC(=O)[C@H](CC(C)C)N(C(=O)[C@H](Cc1cccc(N)c1)NC(=O)OCc1ccccc1)C(=O)[C@@H](N)[C@H](O)C(C)C)C(=O)N[C@H](C(=O)NCC(=O)N(C(=O)[C@@H](N)Cc1cccnc1)[C@@H](CO)C(=O)O)[C@H](C)O. The second-order valence-electron chi connectivity index (χ2n) is 21.8. The highest BCUT2D eigenvalue weighted by atomic mass is 16.5. The second kappa shape index (κ2) is 35.7. The summed E-state index contributed by atoms with van der Waals surface area (Å²) in [6.07, 6.45) is -2.34. The molecule has 11 atom stereocenters. The number of carbonyl (C=O) groups is 10. The van der Waals surface area contributed by atoms with E-state index < -0.39 is 157 Å². The summed E-state index contributed by atoms with van der Waals surface area (Å²) < 4.78 is 5.47. The predicted molar refractivity (Wildman–Crippen MR) is 317 cm³/mol. The summed E-state index contributed by atoms with van der Waals surface area (Å²) in [5, 5.41) is 64.3. The number of pyridine rings is 1. The van der Waals surface area contributed by atoms with Crippen molar-refractivity contribution in [3.05, 3.63) is 95.8 Å². The van der Waals surface area contributed by atoms with Crippen molar-refractivity contribution in [3.63, 3.8) is 0 Å². The van der Waals surface area contributed by atoms with E-state index >= 15 is 9.59 Å². The number of guanidine groups is 1. The van der Waals surface area contributed by atoms with Crippen LogP contribution in [0.15, 0.2) is 79.1 Å². The molecule has 0 aliphatic heterocycles. The van der Waals surface area contributed by atoms with Crippen molar-refractivity contribution in [3.8, 4) is 0 Å². The molecule has 29 nitrogen and oxygen atoms in total. The number of hydrogen-bond acceptors (Lipinski definition) is 19. The van der Waals surface area contributed by atoms with Crippen LogP contribution in [0, 0.1) is 23.2 Å². The third-order valence-electron chi connectivity index (χ3n) is 14.0. The molecule has 0 spiro atoms. The van der Waals surface area contributed by atoms with Crippen molar-refractivity contribution in [2.45, 2.75) is 154 Å². The number of anilines is 1. The second-order valence-corrected chi connectivity index (χ2v) is 21.8. The van der Waals surface area contributed by atoms with E-state index in [-0.39, 0.29) is 56.6 Å². The van der Waals surface area contributed by atoms with Gasteiger partial charge in [-0.2, -0.15) is 0 Å². The topological polar surface area (TPSA) is 480 Å². The Morgan fingerprint density at radius 1 is 0.701 bits per heavy atom. The van der Waals surface area contributed by atoms with Crippen LogP contribution in [-0.2, 0) is 67.3 Å². The van der Waals surface area contributed by atoms with Crippen molar-refractivity contribution in [2.24, 2.45) is 35.0 Å². The molecule has 1 heterocycles. The largest absolute Gasteiger partial charge is 0.480 e. The van der Waals surface area contributed by atoms with Gasteiger partial charge in [-0.05, 0) is 85.3 Å². The fraction of sp³-hybridized carbons (Fsp3) is 0.517. The number of hydrogen-bond donors (Lipinski definition) is 15. The highest BCUT2D eigenvalue weighted by Crippen LogP contribution is 2.21. The zero-order valence-corrected chi connectivity index (χ0v) is 50.0. The third-order valence-corrected chi connectivity index (χ3v) is 14.0. The Morgan fingerprint density at radius 3 is 1.91 bits per heavy atom. The Balaban J connectivity index is 2.05. The van der Waals surface area contributed by atoms with Gasteiger partial charge in [0.15, 0.2) is 12.0 Å². The summed E-state index contributed by atoms with van der Waals surface area (Å²) in [7, 11) is 0. The van der Waals surface area contributed by atoms with Crippen LogP contribution in [0.4, 0.5) is 10.5 Å². The van der Waals surface area contributed by atoms with Crippen LogP contribution in [-0.4, -0.2) is 181 Å². The molecule has 0 fully saturated rings. The van der Waals surface area contributed by atoms with Gasteiger partial charge in [-0.1, -0.05) is 96.5 Å². The van der Waals surface area contributed by atoms with Crippen molar-refractivity contribution in [1.82, 2.24) is 46.7 Å². The summed E-state index contributed by atoms with van der Waals surface area (Å²) >= 11 is 0. The fourth-order valence-electron chi connectivity index (χ4n) is 8.93. The Kier molecular flexibility index (Phi) is 29.8. The van der Waals surface area contributed by atoms with Crippen LogP contribution in [0.3, 0.4) is 0 Å². The predicted octanol–water partition coefficient (Wildman–Crippen LogP) is -1.75. The number of amides is 9. The number of nitrogens with zero attached hydrogens (tertiary/aromatic N) is 3. The molecule has 0 saturated carbocycles. The zero-order chi connectivity index (χ0) is 65.2. The van der Waals surface area contributed by atoms with Gasteiger partial charge >= 0.3 is 12.1 Å². The van der Waals surface area contributed by atoms with Gasteiger partial charge in [0.25, 0.3) is 5.91 Å². The lowest BCUT2D eigenvalue weighted by molar-refractivity contribution is -0.160. The highest BCUT2D eigenvalue weighted by molar-refractivity contribution is 6.06. The molecule has 1 aromatic heterocycles. The van der Waals surface area contributed by atoms with E-state index in [2.05, 4.69) is 36.9 Å². The number of alkyl carbamates (subject to hydrolysis) is 1. The van der Waals surface area contributed by atoms with E-state index in [1.54, 1.807) is 102 Å². The van der Waals surface area contributed by atoms with Gasteiger partial charge in [0.1, 0.15) is 42.9 Å². The Hall–Kier alpha value is -8.64. The first-order chi connectivity index (χ1) is 41.0. The Morgan fingerprint density at radius 2 is 1.34 bits per heavy atom. The average Bonchev–Trinajstić information content (AvgIpc) is 1.68. The van der Waals surface area contributed by atoms with Gasteiger partial charge in [-0.3, -0.25) is 58.5 Å². The summed E-state index contributed by atoms with van der Waals surface area (Å²) in [5.41, 5.74) is 25.9. The maximum absolute atomic E-state index is 15.3. The lowest BCUT2D eigenvalue weighted by atomic mass is 9.94. The molecule has 3 aromatic rings. The molecule has 3 rings (SSSR count). The third kappa shape index (κ3) is 22.9. The van der Waals surface area contributed by atoms with Gasteiger partial charge in [-0.25, -0.2) is 9.59 Å². The molecule has 0 saturated heterocycles.